The van der Waals surface area contributed by atoms with Gasteiger partial charge < -0.3 is 15.1 Å². The molecule has 1 saturated heterocycles. The zero-order valence-electron chi connectivity index (χ0n) is 13.2. The standard InChI is InChI=1S/C17H29N3/c1-4-18-16(12-15-8-6-5-7-9-15)13-17-14-19(2)10-11-20(17)3/h5-9,16-18H,4,10-14H2,1-3H3. The van der Waals surface area contributed by atoms with Crippen LogP contribution in [0.5, 0.6) is 0 Å². The number of likely N-dealkylation sites (N-methyl/N-ethyl adjacent to an activating group) is 3. The lowest BCUT2D eigenvalue weighted by Gasteiger charge is -2.39. The van der Waals surface area contributed by atoms with Crippen LogP contribution in [0, 0.1) is 0 Å². The van der Waals surface area contributed by atoms with Crippen molar-refractivity contribution in [3.05, 3.63) is 35.9 Å². The number of nitrogens with one attached hydrogen (secondary N) is 1. The minimum atomic E-state index is 0.571. The molecule has 1 aliphatic heterocycles. The van der Waals surface area contributed by atoms with Gasteiger partial charge in [0.2, 0.25) is 0 Å². The van der Waals surface area contributed by atoms with E-state index in [0.717, 1.165) is 13.0 Å². The largest absolute Gasteiger partial charge is 0.314 e. The molecular formula is C17H29N3. The Hall–Kier alpha value is -0.900. The maximum absolute atomic E-state index is 3.67. The summed E-state index contributed by atoms with van der Waals surface area (Å²) in [4.78, 5) is 4.98. The van der Waals surface area contributed by atoms with Crippen LogP contribution in [-0.2, 0) is 6.42 Å². The van der Waals surface area contributed by atoms with Gasteiger partial charge in [-0.2, -0.15) is 0 Å². The summed E-state index contributed by atoms with van der Waals surface area (Å²) in [6.45, 7) is 6.81. The van der Waals surface area contributed by atoms with E-state index in [1.807, 2.05) is 0 Å². The summed E-state index contributed by atoms with van der Waals surface area (Å²) in [6.07, 6.45) is 2.35. The van der Waals surface area contributed by atoms with Gasteiger partial charge in [-0.05, 0) is 39.0 Å². The topological polar surface area (TPSA) is 18.5 Å². The summed E-state index contributed by atoms with van der Waals surface area (Å²) in [5, 5.41) is 3.67. The smallest absolute Gasteiger partial charge is 0.0235 e. The quantitative estimate of drug-likeness (QED) is 0.855. The van der Waals surface area contributed by atoms with Gasteiger partial charge in [-0.1, -0.05) is 37.3 Å². The molecule has 0 radical (unpaired) electrons. The van der Waals surface area contributed by atoms with E-state index in [0.29, 0.717) is 12.1 Å². The highest BCUT2D eigenvalue weighted by atomic mass is 15.3. The molecule has 1 fully saturated rings. The van der Waals surface area contributed by atoms with E-state index < -0.39 is 0 Å². The third kappa shape index (κ3) is 4.58. The molecule has 0 aliphatic carbocycles. The molecule has 2 unspecified atom stereocenters. The highest BCUT2D eigenvalue weighted by Crippen LogP contribution is 2.14. The number of rotatable bonds is 6. The number of benzene rings is 1. The van der Waals surface area contributed by atoms with Gasteiger partial charge in [0.25, 0.3) is 0 Å². The molecule has 112 valence electrons. The molecule has 1 aromatic carbocycles. The van der Waals surface area contributed by atoms with Crippen LogP contribution in [0.15, 0.2) is 30.3 Å². The van der Waals surface area contributed by atoms with Crippen molar-refractivity contribution in [2.24, 2.45) is 0 Å². The molecule has 1 aliphatic rings. The lowest BCUT2D eigenvalue weighted by Crippen LogP contribution is -2.52. The van der Waals surface area contributed by atoms with Crippen LogP contribution in [0.1, 0.15) is 18.9 Å². The average molecular weight is 275 g/mol. The van der Waals surface area contributed by atoms with Crippen molar-refractivity contribution in [3.8, 4) is 0 Å². The van der Waals surface area contributed by atoms with Crippen molar-refractivity contribution in [3.63, 3.8) is 0 Å². The molecule has 0 spiro atoms. The minimum Gasteiger partial charge on any atom is -0.314 e. The number of hydrogen-bond donors (Lipinski definition) is 1. The fourth-order valence-electron chi connectivity index (χ4n) is 3.11. The molecule has 0 bridgehead atoms. The maximum Gasteiger partial charge on any atom is 0.0235 e. The van der Waals surface area contributed by atoms with Crippen molar-refractivity contribution in [2.75, 3.05) is 40.3 Å². The van der Waals surface area contributed by atoms with Gasteiger partial charge in [-0.15, -0.1) is 0 Å². The van der Waals surface area contributed by atoms with Crippen LogP contribution in [0.2, 0.25) is 0 Å². The zero-order valence-corrected chi connectivity index (χ0v) is 13.2. The van der Waals surface area contributed by atoms with E-state index in [1.165, 1.54) is 31.6 Å². The van der Waals surface area contributed by atoms with Crippen molar-refractivity contribution < 1.29 is 0 Å². The lowest BCUT2D eigenvalue weighted by molar-refractivity contribution is 0.101. The third-order valence-electron chi connectivity index (χ3n) is 4.35. The van der Waals surface area contributed by atoms with E-state index in [1.54, 1.807) is 0 Å². The Labute approximate surface area is 124 Å². The molecule has 2 atom stereocenters. The Morgan fingerprint density at radius 2 is 1.95 bits per heavy atom. The summed E-state index contributed by atoms with van der Waals surface area (Å²) in [6, 6.07) is 12.1. The molecule has 1 heterocycles. The van der Waals surface area contributed by atoms with Crippen molar-refractivity contribution in [1.82, 2.24) is 15.1 Å². The predicted octanol–water partition coefficient (Wildman–Crippen LogP) is 1.84. The highest BCUT2D eigenvalue weighted by Gasteiger charge is 2.25. The molecule has 0 aromatic heterocycles. The summed E-state index contributed by atoms with van der Waals surface area (Å²) >= 11 is 0. The first-order valence-corrected chi connectivity index (χ1v) is 7.85. The predicted molar refractivity (Wildman–Crippen MR) is 86.1 cm³/mol. The van der Waals surface area contributed by atoms with Gasteiger partial charge in [0.05, 0.1) is 0 Å². The Morgan fingerprint density at radius 3 is 2.65 bits per heavy atom. The van der Waals surface area contributed by atoms with Crippen LogP contribution >= 0.6 is 0 Å². The van der Waals surface area contributed by atoms with Crippen LogP contribution in [0.25, 0.3) is 0 Å². The van der Waals surface area contributed by atoms with Gasteiger partial charge in [0.1, 0.15) is 0 Å². The van der Waals surface area contributed by atoms with Gasteiger partial charge in [-0.25, -0.2) is 0 Å². The molecule has 3 heteroatoms. The van der Waals surface area contributed by atoms with Crippen LogP contribution in [0.3, 0.4) is 0 Å². The first-order chi connectivity index (χ1) is 9.69. The number of nitrogens with zero attached hydrogens (tertiary/aromatic N) is 2. The second-order valence-electron chi connectivity index (χ2n) is 6.08. The molecule has 20 heavy (non-hydrogen) atoms. The Bertz CT molecular complexity index is 379. The first-order valence-electron chi connectivity index (χ1n) is 7.85. The normalized spacial score (nSPS) is 22.9. The van der Waals surface area contributed by atoms with Gasteiger partial charge in [0, 0.05) is 31.7 Å². The molecule has 1 aromatic rings. The SMILES string of the molecule is CCNC(Cc1ccccc1)CC1CN(C)CCN1C. The zero-order chi connectivity index (χ0) is 14.4. The minimum absolute atomic E-state index is 0.571. The first kappa shape index (κ1) is 15.5. The monoisotopic (exact) mass is 275 g/mol. The second-order valence-corrected chi connectivity index (χ2v) is 6.08. The van der Waals surface area contributed by atoms with Crippen LogP contribution in [-0.4, -0.2) is 62.2 Å². The van der Waals surface area contributed by atoms with E-state index in [4.69, 9.17) is 0 Å². The number of piperazine rings is 1. The summed E-state index contributed by atoms with van der Waals surface area (Å²) in [5.74, 6) is 0. The summed E-state index contributed by atoms with van der Waals surface area (Å²) in [7, 11) is 4.50. The molecule has 3 nitrogen and oxygen atoms in total. The van der Waals surface area contributed by atoms with Crippen molar-refractivity contribution in [2.45, 2.75) is 31.8 Å². The van der Waals surface area contributed by atoms with Crippen LogP contribution in [0.4, 0.5) is 0 Å². The molecule has 0 amide bonds. The summed E-state index contributed by atoms with van der Waals surface area (Å²) < 4.78 is 0. The van der Waals surface area contributed by atoms with Gasteiger partial charge in [-0.3, -0.25) is 0 Å². The Balaban J connectivity index is 1.94. The third-order valence-corrected chi connectivity index (χ3v) is 4.35. The number of hydrogen-bond acceptors (Lipinski definition) is 3. The van der Waals surface area contributed by atoms with Gasteiger partial charge >= 0.3 is 0 Å². The molecule has 0 saturated carbocycles. The van der Waals surface area contributed by atoms with E-state index in [-0.39, 0.29) is 0 Å². The Morgan fingerprint density at radius 1 is 1.20 bits per heavy atom. The molecule has 1 N–H and O–H groups in total. The average Bonchev–Trinajstić information content (AvgIpc) is 2.44. The van der Waals surface area contributed by atoms with E-state index in [9.17, 15) is 0 Å². The summed E-state index contributed by atoms with van der Waals surface area (Å²) in [5.41, 5.74) is 1.44. The fraction of sp³-hybridized carbons (Fsp3) is 0.647. The van der Waals surface area contributed by atoms with Crippen molar-refractivity contribution >= 4 is 0 Å². The second kappa shape index (κ2) is 7.77. The van der Waals surface area contributed by atoms with Crippen molar-refractivity contribution in [1.29, 1.82) is 0 Å². The maximum atomic E-state index is 3.67. The van der Waals surface area contributed by atoms with Gasteiger partial charge in [0.15, 0.2) is 0 Å². The highest BCUT2D eigenvalue weighted by molar-refractivity contribution is 5.16. The Kier molecular flexibility index (Phi) is 6.02. The fourth-order valence-corrected chi connectivity index (χ4v) is 3.11. The molecule has 2 rings (SSSR count). The van der Waals surface area contributed by atoms with E-state index >= 15 is 0 Å². The molecular weight excluding hydrogens is 246 g/mol. The lowest BCUT2D eigenvalue weighted by atomic mass is 9.97. The van der Waals surface area contributed by atoms with E-state index in [2.05, 4.69) is 66.5 Å². The van der Waals surface area contributed by atoms with Crippen LogP contribution < -0.4 is 5.32 Å².